The van der Waals surface area contributed by atoms with Gasteiger partial charge in [0.1, 0.15) is 11.3 Å². The number of amides is 1. The molecule has 2 aromatic heterocycles. The van der Waals surface area contributed by atoms with Crippen LogP contribution >= 0.6 is 11.6 Å². The van der Waals surface area contributed by atoms with Gasteiger partial charge in [-0.1, -0.05) is 11.6 Å². The van der Waals surface area contributed by atoms with Crippen molar-refractivity contribution in [1.82, 2.24) is 4.90 Å². The van der Waals surface area contributed by atoms with Crippen molar-refractivity contribution in [3.05, 3.63) is 52.4 Å². The largest absolute Gasteiger partial charge is 0.451 e. The molecule has 0 spiro atoms. The number of hydrogen-bond acceptors (Lipinski definition) is 6. The molecule has 0 N–H and O–H groups in total. The molecule has 2 fully saturated rings. The van der Waals surface area contributed by atoms with E-state index in [2.05, 4.69) is 4.90 Å². The van der Waals surface area contributed by atoms with Crippen LogP contribution in [0.3, 0.4) is 0 Å². The van der Waals surface area contributed by atoms with Crippen LogP contribution in [-0.4, -0.2) is 49.9 Å². The summed E-state index contributed by atoms with van der Waals surface area (Å²) >= 11 is 6.13. The van der Waals surface area contributed by atoms with E-state index in [-0.39, 0.29) is 29.7 Å². The number of aryl methyl sites for hydroxylation is 1. The Labute approximate surface area is 198 Å². The van der Waals surface area contributed by atoms with Gasteiger partial charge in [0.2, 0.25) is 0 Å². The monoisotopic (exact) mass is 490 g/mol. The van der Waals surface area contributed by atoms with Gasteiger partial charge in [-0.05, 0) is 56.9 Å². The van der Waals surface area contributed by atoms with E-state index in [4.69, 9.17) is 20.4 Å². The maximum Gasteiger partial charge on any atom is 0.290 e. The summed E-state index contributed by atoms with van der Waals surface area (Å²) in [6, 6.07) is 8.61. The van der Waals surface area contributed by atoms with Crippen molar-refractivity contribution in [2.24, 2.45) is 0 Å². The van der Waals surface area contributed by atoms with Gasteiger partial charge in [0.25, 0.3) is 5.91 Å². The molecule has 2 aliphatic rings. The number of sulfone groups is 1. The molecule has 5 rings (SSSR count). The lowest BCUT2D eigenvalue weighted by atomic mass is 10.1. The molecule has 0 bridgehead atoms. The van der Waals surface area contributed by atoms with Crippen molar-refractivity contribution >= 4 is 44.2 Å². The first-order chi connectivity index (χ1) is 15.8. The second kappa shape index (κ2) is 8.72. The number of rotatable bonds is 5. The zero-order chi connectivity index (χ0) is 23.2. The lowest BCUT2D eigenvalue weighted by Crippen LogP contribution is -2.40. The summed E-state index contributed by atoms with van der Waals surface area (Å²) in [7, 11) is -3.18. The highest BCUT2D eigenvalue weighted by molar-refractivity contribution is 7.91. The highest BCUT2D eigenvalue weighted by Crippen LogP contribution is 2.31. The molecular formula is C24H27ClN2O5S. The number of anilines is 1. The number of carbonyl (C=O) groups excluding carboxylic acids is 1. The van der Waals surface area contributed by atoms with Crippen LogP contribution < -0.4 is 4.90 Å². The quantitative estimate of drug-likeness (QED) is 0.510. The van der Waals surface area contributed by atoms with E-state index in [1.807, 2.05) is 19.1 Å². The molecule has 7 nitrogen and oxygen atoms in total. The lowest BCUT2D eigenvalue weighted by molar-refractivity contribution is 0.0635. The molecule has 176 valence electrons. The summed E-state index contributed by atoms with van der Waals surface area (Å²) in [5.74, 6) is 1.32. The molecule has 1 atom stereocenters. The van der Waals surface area contributed by atoms with E-state index in [9.17, 15) is 13.2 Å². The summed E-state index contributed by atoms with van der Waals surface area (Å²) in [6.45, 7) is 3.92. The lowest BCUT2D eigenvalue weighted by Gasteiger charge is -2.27. The fourth-order valence-electron chi connectivity index (χ4n) is 4.82. The third-order valence-corrected chi connectivity index (χ3v) is 8.63. The average molecular weight is 491 g/mol. The summed E-state index contributed by atoms with van der Waals surface area (Å²) in [5, 5.41) is 1.33. The Bertz CT molecular complexity index is 1290. The molecule has 0 aliphatic carbocycles. The zero-order valence-corrected chi connectivity index (χ0v) is 20.1. The number of carbonyl (C=O) groups is 1. The van der Waals surface area contributed by atoms with E-state index in [1.165, 1.54) is 6.42 Å². The molecule has 0 saturated carbocycles. The minimum atomic E-state index is -3.18. The molecular weight excluding hydrogens is 464 g/mol. The second-order valence-corrected chi connectivity index (χ2v) is 11.6. The molecule has 2 aliphatic heterocycles. The Hall–Kier alpha value is -2.45. The third-order valence-electron chi connectivity index (χ3n) is 6.64. The van der Waals surface area contributed by atoms with Crippen LogP contribution in [0.25, 0.3) is 11.0 Å². The Morgan fingerprint density at radius 3 is 2.67 bits per heavy atom. The van der Waals surface area contributed by atoms with Crippen LogP contribution in [0.1, 0.15) is 47.6 Å². The number of piperidine rings is 1. The highest BCUT2D eigenvalue weighted by Gasteiger charge is 2.37. The van der Waals surface area contributed by atoms with E-state index in [0.717, 1.165) is 37.2 Å². The molecule has 1 aromatic carbocycles. The van der Waals surface area contributed by atoms with Gasteiger partial charge in [-0.3, -0.25) is 4.79 Å². The van der Waals surface area contributed by atoms with Gasteiger partial charge in [0.15, 0.2) is 21.5 Å². The number of benzene rings is 1. The number of furan rings is 2. The van der Waals surface area contributed by atoms with Crippen LogP contribution in [0.15, 0.2) is 39.2 Å². The van der Waals surface area contributed by atoms with Crippen molar-refractivity contribution in [1.29, 1.82) is 0 Å². The Kier molecular flexibility index (Phi) is 5.91. The molecule has 2 saturated heterocycles. The van der Waals surface area contributed by atoms with Gasteiger partial charge in [-0.15, -0.1) is 0 Å². The summed E-state index contributed by atoms with van der Waals surface area (Å²) in [4.78, 5) is 17.5. The van der Waals surface area contributed by atoms with Crippen molar-refractivity contribution in [3.8, 4) is 0 Å². The summed E-state index contributed by atoms with van der Waals surface area (Å²) in [5.41, 5.74) is 1.27. The van der Waals surface area contributed by atoms with Crippen molar-refractivity contribution in [3.63, 3.8) is 0 Å². The van der Waals surface area contributed by atoms with Crippen molar-refractivity contribution in [2.45, 2.75) is 45.2 Å². The number of hydrogen-bond donors (Lipinski definition) is 0. The molecule has 3 aromatic rings. The van der Waals surface area contributed by atoms with E-state index < -0.39 is 15.9 Å². The number of fused-ring (bicyclic) bond motifs is 1. The minimum absolute atomic E-state index is 0.0520. The molecule has 1 amide bonds. The standard InChI is InChI=1S/C24H27ClN2O5S/c1-16-20-13-17(25)5-7-21(20)32-23(16)24(28)27(18-9-12-33(29,30)15-18)14-19-6-8-22(31-19)26-10-3-2-4-11-26/h5-8,13,18H,2-4,9-12,14-15H2,1H3. The molecule has 4 heterocycles. The third kappa shape index (κ3) is 4.51. The van der Waals surface area contributed by atoms with Crippen LogP contribution in [0.5, 0.6) is 0 Å². The molecule has 0 radical (unpaired) electrons. The van der Waals surface area contributed by atoms with Gasteiger partial charge in [-0.25, -0.2) is 8.42 Å². The van der Waals surface area contributed by atoms with Crippen molar-refractivity contribution in [2.75, 3.05) is 29.5 Å². The fourth-order valence-corrected chi connectivity index (χ4v) is 6.72. The maximum absolute atomic E-state index is 13.7. The topological polar surface area (TPSA) is 84.0 Å². The normalized spacial score (nSPS) is 20.4. The van der Waals surface area contributed by atoms with E-state index >= 15 is 0 Å². The second-order valence-electron chi connectivity index (χ2n) is 8.97. The predicted molar refractivity (Wildman–Crippen MR) is 128 cm³/mol. The number of halogens is 1. The Morgan fingerprint density at radius 2 is 1.94 bits per heavy atom. The van der Waals surface area contributed by atoms with Gasteiger partial charge in [0.05, 0.1) is 18.1 Å². The highest BCUT2D eigenvalue weighted by atomic mass is 35.5. The smallest absolute Gasteiger partial charge is 0.290 e. The van der Waals surface area contributed by atoms with Gasteiger partial charge >= 0.3 is 0 Å². The molecule has 1 unspecified atom stereocenters. The van der Waals surface area contributed by atoms with Crippen LogP contribution in [0, 0.1) is 6.92 Å². The Morgan fingerprint density at radius 1 is 1.15 bits per heavy atom. The first-order valence-electron chi connectivity index (χ1n) is 11.3. The van der Waals surface area contributed by atoms with E-state index in [0.29, 0.717) is 28.4 Å². The van der Waals surface area contributed by atoms with Crippen LogP contribution in [-0.2, 0) is 16.4 Å². The fraction of sp³-hybridized carbons (Fsp3) is 0.458. The van der Waals surface area contributed by atoms with Gasteiger partial charge in [0, 0.05) is 41.2 Å². The molecule has 9 heteroatoms. The average Bonchev–Trinajstić information content (AvgIpc) is 3.50. The first-order valence-corrected chi connectivity index (χ1v) is 13.5. The van der Waals surface area contributed by atoms with Crippen LogP contribution in [0.2, 0.25) is 5.02 Å². The van der Waals surface area contributed by atoms with Gasteiger partial charge in [-0.2, -0.15) is 0 Å². The Balaban J connectivity index is 1.46. The van der Waals surface area contributed by atoms with Gasteiger partial charge < -0.3 is 18.6 Å². The first kappa shape index (κ1) is 22.3. The SMILES string of the molecule is Cc1c(C(=O)N(Cc2ccc(N3CCCCC3)o2)C2CCS(=O)(=O)C2)oc2ccc(Cl)cc12. The van der Waals surface area contributed by atoms with E-state index in [1.54, 1.807) is 23.1 Å². The molecule has 33 heavy (non-hydrogen) atoms. The summed E-state index contributed by atoms with van der Waals surface area (Å²) < 4.78 is 36.4. The predicted octanol–water partition coefficient (Wildman–Crippen LogP) is 4.81. The summed E-state index contributed by atoms with van der Waals surface area (Å²) in [6.07, 6.45) is 3.90. The zero-order valence-electron chi connectivity index (χ0n) is 18.5. The minimum Gasteiger partial charge on any atom is -0.451 e. The number of nitrogens with zero attached hydrogens (tertiary/aromatic N) is 2. The maximum atomic E-state index is 13.7. The van der Waals surface area contributed by atoms with Crippen LogP contribution in [0.4, 0.5) is 5.88 Å². The van der Waals surface area contributed by atoms with Crippen molar-refractivity contribution < 1.29 is 22.0 Å².